The van der Waals surface area contributed by atoms with Crippen LogP contribution in [0.3, 0.4) is 0 Å². The van der Waals surface area contributed by atoms with Crippen molar-refractivity contribution in [1.29, 1.82) is 5.26 Å². The van der Waals surface area contributed by atoms with Crippen LogP contribution in [0, 0.1) is 11.3 Å². The number of nitriles is 1. The van der Waals surface area contributed by atoms with Crippen LogP contribution >= 0.6 is 0 Å². The topological polar surface area (TPSA) is 82.4 Å². The number of methoxy groups -OCH3 is 1. The summed E-state index contributed by atoms with van der Waals surface area (Å²) < 4.78 is 5.06. The molecule has 2 aromatic rings. The fraction of sp³-hybridized carbons (Fsp3) is 0.211. The minimum Gasteiger partial charge on any atom is -0.497 e. The van der Waals surface area contributed by atoms with Gasteiger partial charge in [0.2, 0.25) is 5.91 Å². The zero-order chi connectivity index (χ0) is 18.2. The largest absolute Gasteiger partial charge is 0.497 e. The number of nitrogens with zero attached hydrogens (tertiary/aromatic N) is 2. The van der Waals surface area contributed by atoms with Gasteiger partial charge in [0, 0.05) is 25.6 Å². The molecule has 0 aliphatic carbocycles. The summed E-state index contributed by atoms with van der Waals surface area (Å²) in [5, 5.41) is 12.0. The Morgan fingerprint density at radius 1 is 1.16 bits per heavy atom. The third-order valence-corrected chi connectivity index (χ3v) is 3.67. The van der Waals surface area contributed by atoms with Crippen molar-refractivity contribution in [2.75, 3.05) is 25.1 Å². The lowest BCUT2D eigenvalue weighted by atomic mass is 10.1. The SMILES string of the molecule is COc1ccc(C(=O)NCCN(C(C)=O)c2ccccc2C#N)cc1. The van der Waals surface area contributed by atoms with Gasteiger partial charge in [0.05, 0.1) is 18.4 Å². The molecule has 6 heteroatoms. The third-order valence-electron chi connectivity index (χ3n) is 3.67. The van der Waals surface area contributed by atoms with E-state index in [1.165, 1.54) is 11.8 Å². The molecule has 6 nitrogen and oxygen atoms in total. The van der Waals surface area contributed by atoms with Crippen molar-refractivity contribution in [2.45, 2.75) is 6.92 Å². The van der Waals surface area contributed by atoms with Gasteiger partial charge in [-0.25, -0.2) is 0 Å². The summed E-state index contributed by atoms with van der Waals surface area (Å²) in [6.07, 6.45) is 0. The van der Waals surface area contributed by atoms with Crippen molar-refractivity contribution in [2.24, 2.45) is 0 Å². The number of nitrogens with one attached hydrogen (secondary N) is 1. The standard InChI is InChI=1S/C19H19N3O3/c1-14(23)22(18-6-4-3-5-16(18)13-20)12-11-21-19(24)15-7-9-17(25-2)10-8-15/h3-10H,11-12H2,1-2H3,(H,21,24). The monoisotopic (exact) mass is 337 g/mol. The lowest BCUT2D eigenvalue weighted by Gasteiger charge is -2.22. The molecule has 0 fully saturated rings. The first-order valence-electron chi connectivity index (χ1n) is 7.76. The van der Waals surface area contributed by atoms with Gasteiger partial charge in [-0.3, -0.25) is 9.59 Å². The molecule has 0 aliphatic heterocycles. The molecule has 0 radical (unpaired) electrons. The molecule has 1 N–H and O–H groups in total. The molecule has 0 spiro atoms. The van der Waals surface area contributed by atoms with E-state index >= 15 is 0 Å². The lowest BCUT2D eigenvalue weighted by Crippen LogP contribution is -2.38. The average Bonchev–Trinajstić information content (AvgIpc) is 2.65. The first-order valence-corrected chi connectivity index (χ1v) is 7.76. The van der Waals surface area contributed by atoms with Gasteiger partial charge in [-0.2, -0.15) is 5.26 Å². The molecule has 2 amide bonds. The molecule has 0 saturated carbocycles. The Balaban J connectivity index is 2.01. The Labute approximate surface area is 146 Å². The Kier molecular flexibility index (Phi) is 6.13. The Morgan fingerprint density at radius 2 is 1.84 bits per heavy atom. The van der Waals surface area contributed by atoms with E-state index in [1.807, 2.05) is 0 Å². The van der Waals surface area contributed by atoms with Crippen molar-refractivity contribution in [1.82, 2.24) is 5.32 Å². The molecule has 0 bridgehead atoms. The Bertz CT molecular complexity index is 794. The summed E-state index contributed by atoms with van der Waals surface area (Å²) >= 11 is 0. The van der Waals surface area contributed by atoms with Crippen molar-refractivity contribution in [3.63, 3.8) is 0 Å². The maximum Gasteiger partial charge on any atom is 0.251 e. The number of hydrogen-bond acceptors (Lipinski definition) is 4. The number of amides is 2. The minimum absolute atomic E-state index is 0.193. The van der Waals surface area contributed by atoms with Gasteiger partial charge < -0.3 is 15.0 Å². The second kappa shape index (κ2) is 8.50. The number of carbonyl (C=O) groups excluding carboxylic acids is 2. The molecular weight excluding hydrogens is 318 g/mol. The molecule has 0 saturated heterocycles. The molecule has 2 rings (SSSR count). The predicted molar refractivity (Wildman–Crippen MR) is 94.5 cm³/mol. The fourth-order valence-electron chi connectivity index (χ4n) is 2.38. The van der Waals surface area contributed by atoms with E-state index in [9.17, 15) is 14.9 Å². The quantitative estimate of drug-likeness (QED) is 0.877. The second-order valence-corrected chi connectivity index (χ2v) is 5.28. The first kappa shape index (κ1) is 18.0. The summed E-state index contributed by atoms with van der Waals surface area (Å²) in [6, 6.07) is 15.7. The summed E-state index contributed by atoms with van der Waals surface area (Å²) in [7, 11) is 1.56. The van der Waals surface area contributed by atoms with Crippen LogP contribution in [-0.4, -0.2) is 32.0 Å². The van der Waals surface area contributed by atoms with E-state index in [4.69, 9.17) is 4.74 Å². The normalized spacial score (nSPS) is 9.80. The number of para-hydroxylation sites is 1. The van der Waals surface area contributed by atoms with Gasteiger partial charge >= 0.3 is 0 Å². The molecule has 0 unspecified atom stereocenters. The number of hydrogen-bond donors (Lipinski definition) is 1. The minimum atomic E-state index is -0.236. The molecule has 0 aromatic heterocycles. The lowest BCUT2D eigenvalue weighted by molar-refractivity contribution is -0.116. The van der Waals surface area contributed by atoms with Crippen LogP contribution in [0.25, 0.3) is 0 Å². The predicted octanol–water partition coefficient (Wildman–Crippen LogP) is 2.35. The van der Waals surface area contributed by atoms with Gasteiger partial charge in [0.25, 0.3) is 5.91 Å². The van der Waals surface area contributed by atoms with E-state index in [2.05, 4.69) is 11.4 Å². The van der Waals surface area contributed by atoms with E-state index < -0.39 is 0 Å². The molecule has 0 atom stereocenters. The van der Waals surface area contributed by atoms with Crippen LogP contribution in [-0.2, 0) is 4.79 Å². The van der Waals surface area contributed by atoms with Crippen LogP contribution in [0.2, 0.25) is 0 Å². The van der Waals surface area contributed by atoms with Crippen LogP contribution in [0.15, 0.2) is 48.5 Å². The van der Waals surface area contributed by atoms with Crippen molar-refractivity contribution in [3.05, 3.63) is 59.7 Å². The summed E-state index contributed by atoms with van der Waals surface area (Å²) in [4.78, 5) is 25.5. The van der Waals surface area contributed by atoms with Crippen molar-refractivity contribution in [3.8, 4) is 11.8 Å². The number of carbonyl (C=O) groups is 2. The maximum atomic E-state index is 12.1. The highest BCUT2D eigenvalue weighted by Crippen LogP contribution is 2.19. The van der Waals surface area contributed by atoms with E-state index in [0.29, 0.717) is 22.6 Å². The average molecular weight is 337 g/mol. The fourth-order valence-corrected chi connectivity index (χ4v) is 2.38. The van der Waals surface area contributed by atoms with Crippen LogP contribution in [0.4, 0.5) is 5.69 Å². The van der Waals surface area contributed by atoms with Gasteiger partial charge in [-0.05, 0) is 36.4 Å². The number of anilines is 1. The summed E-state index contributed by atoms with van der Waals surface area (Å²) in [6.45, 7) is 1.97. The van der Waals surface area contributed by atoms with Gasteiger partial charge in [0.15, 0.2) is 0 Å². The van der Waals surface area contributed by atoms with Crippen LogP contribution in [0.5, 0.6) is 5.75 Å². The second-order valence-electron chi connectivity index (χ2n) is 5.28. The highest BCUT2D eigenvalue weighted by molar-refractivity contribution is 5.95. The summed E-state index contributed by atoms with van der Waals surface area (Å²) in [5.74, 6) is 0.244. The van der Waals surface area contributed by atoms with Gasteiger partial charge in [0.1, 0.15) is 11.8 Å². The zero-order valence-corrected chi connectivity index (χ0v) is 14.2. The van der Waals surface area contributed by atoms with Crippen LogP contribution in [0.1, 0.15) is 22.8 Å². The van der Waals surface area contributed by atoms with E-state index in [0.717, 1.165) is 0 Å². The smallest absolute Gasteiger partial charge is 0.251 e. The van der Waals surface area contributed by atoms with Crippen LogP contribution < -0.4 is 15.0 Å². The van der Waals surface area contributed by atoms with E-state index in [-0.39, 0.29) is 24.9 Å². The number of rotatable bonds is 6. The van der Waals surface area contributed by atoms with Crippen molar-refractivity contribution < 1.29 is 14.3 Å². The zero-order valence-electron chi connectivity index (χ0n) is 14.2. The highest BCUT2D eigenvalue weighted by atomic mass is 16.5. The number of benzene rings is 2. The molecular formula is C19H19N3O3. The molecule has 128 valence electrons. The van der Waals surface area contributed by atoms with Crippen molar-refractivity contribution >= 4 is 17.5 Å². The molecule has 0 heterocycles. The maximum absolute atomic E-state index is 12.1. The molecule has 2 aromatic carbocycles. The van der Waals surface area contributed by atoms with Gasteiger partial charge in [-0.1, -0.05) is 12.1 Å². The highest BCUT2D eigenvalue weighted by Gasteiger charge is 2.15. The van der Waals surface area contributed by atoms with E-state index in [1.54, 1.807) is 55.6 Å². The third kappa shape index (κ3) is 4.58. The molecule has 0 aliphatic rings. The molecule has 25 heavy (non-hydrogen) atoms. The van der Waals surface area contributed by atoms with Gasteiger partial charge in [-0.15, -0.1) is 0 Å². The Morgan fingerprint density at radius 3 is 2.44 bits per heavy atom. The number of ether oxygens (including phenoxy) is 1. The first-order chi connectivity index (χ1) is 12.1. The Hall–Kier alpha value is -3.33. The summed E-state index contributed by atoms with van der Waals surface area (Å²) in [5.41, 5.74) is 1.46.